The molecule has 13 heavy (non-hydrogen) atoms. The fourth-order valence-electron chi connectivity index (χ4n) is 1.57. The van der Waals surface area contributed by atoms with E-state index >= 15 is 0 Å². The summed E-state index contributed by atoms with van der Waals surface area (Å²) in [6.45, 7) is 4.60. The maximum atomic E-state index is 11.6. The molecule has 0 aliphatic carbocycles. The van der Waals surface area contributed by atoms with Gasteiger partial charge in [-0.15, -0.1) is 0 Å². The van der Waals surface area contributed by atoms with Gasteiger partial charge in [-0.25, -0.2) is 0 Å². The maximum Gasteiger partial charge on any atom is 0.236 e. The molecule has 1 heterocycles. The molecule has 1 aliphatic rings. The van der Waals surface area contributed by atoms with Crippen molar-refractivity contribution in [3.05, 3.63) is 0 Å². The number of carbonyl (C=O) groups is 1. The molecule has 1 saturated heterocycles. The van der Waals surface area contributed by atoms with Crippen LogP contribution < -0.4 is 5.32 Å². The third-order valence-corrected chi connectivity index (χ3v) is 2.35. The number of likely N-dealkylation sites (N-methyl/N-ethyl adjacent to an activating group) is 1. The molecule has 0 saturated carbocycles. The van der Waals surface area contributed by atoms with Crippen molar-refractivity contribution in [2.45, 2.75) is 19.4 Å². The number of hydrogen-bond acceptors (Lipinski definition) is 3. The topological polar surface area (TPSA) is 41.6 Å². The Labute approximate surface area is 79.2 Å². The molecule has 4 nitrogen and oxygen atoms in total. The van der Waals surface area contributed by atoms with Crippen molar-refractivity contribution in [3.63, 3.8) is 0 Å². The summed E-state index contributed by atoms with van der Waals surface area (Å²) in [6, 6.07) is 0.273. The molecule has 1 rings (SSSR count). The van der Waals surface area contributed by atoms with Crippen LogP contribution in [0.1, 0.15) is 13.3 Å². The van der Waals surface area contributed by atoms with Crippen LogP contribution in [0, 0.1) is 0 Å². The molecule has 1 fully saturated rings. The van der Waals surface area contributed by atoms with Crippen LogP contribution >= 0.6 is 0 Å². The fraction of sp³-hybridized carbons (Fsp3) is 0.889. The monoisotopic (exact) mass is 186 g/mol. The summed E-state index contributed by atoms with van der Waals surface area (Å²) in [5.41, 5.74) is 0. The molecule has 1 unspecified atom stereocenters. The summed E-state index contributed by atoms with van der Waals surface area (Å²) < 4.78 is 5.32. The Morgan fingerprint density at radius 3 is 3.08 bits per heavy atom. The van der Waals surface area contributed by atoms with E-state index in [1.165, 1.54) is 0 Å². The highest BCUT2D eigenvalue weighted by molar-refractivity contribution is 5.78. The maximum absolute atomic E-state index is 11.6. The Kier molecular flexibility index (Phi) is 4.18. The zero-order valence-corrected chi connectivity index (χ0v) is 8.38. The second-order valence-corrected chi connectivity index (χ2v) is 3.25. The normalized spacial score (nSPS) is 23.2. The molecule has 0 spiro atoms. The first-order valence-corrected chi connectivity index (χ1v) is 4.81. The molecule has 0 radical (unpaired) electrons. The smallest absolute Gasteiger partial charge is 0.236 e. The van der Waals surface area contributed by atoms with Crippen molar-refractivity contribution in [1.82, 2.24) is 10.2 Å². The SMILES string of the molecule is CCC1COCCN1C(=O)CNC. The van der Waals surface area contributed by atoms with E-state index in [0.717, 1.165) is 13.0 Å². The highest BCUT2D eigenvalue weighted by Gasteiger charge is 2.24. The molecule has 1 atom stereocenters. The van der Waals surface area contributed by atoms with E-state index in [4.69, 9.17) is 4.74 Å². The average Bonchev–Trinajstić information content (AvgIpc) is 2.18. The lowest BCUT2D eigenvalue weighted by molar-refractivity contribution is -0.138. The van der Waals surface area contributed by atoms with E-state index in [1.807, 2.05) is 4.90 Å². The van der Waals surface area contributed by atoms with Gasteiger partial charge in [-0.3, -0.25) is 4.79 Å². The minimum atomic E-state index is 0.178. The van der Waals surface area contributed by atoms with Gasteiger partial charge in [-0.05, 0) is 13.5 Å². The molecule has 1 amide bonds. The van der Waals surface area contributed by atoms with Crippen LogP contribution in [0.5, 0.6) is 0 Å². The zero-order valence-electron chi connectivity index (χ0n) is 8.38. The number of hydrogen-bond donors (Lipinski definition) is 1. The second kappa shape index (κ2) is 5.19. The van der Waals surface area contributed by atoms with E-state index in [2.05, 4.69) is 12.2 Å². The third kappa shape index (κ3) is 2.67. The van der Waals surface area contributed by atoms with Gasteiger partial charge in [0.15, 0.2) is 0 Å². The van der Waals surface area contributed by atoms with E-state index in [-0.39, 0.29) is 11.9 Å². The summed E-state index contributed by atoms with van der Waals surface area (Å²) in [5, 5.41) is 2.88. The quantitative estimate of drug-likeness (QED) is 0.666. The molecule has 0 aromatic carbocycles. The number of rotatable bonds is 3. The zero-order chi connectivity index (χ0) is 9.68. The summed E-state index contributed by atoms with van der Waals surface area (Å²) in [7, 11) is 1.79. The van der Waals surface area contributed by atoms with Gasteiger partial charge in [-0.2, -0.15) is 0 Å². The van der Waals surface area contributed by atoms with Crippen LogP contribution in [0.2, 0.25) is 0 Å². The van der Waals surface area contributed by atoms with E-state index < -0.39 is 0 Å². The van der Waals surface area contributed by atoms with Crippen molar-refractivity contribution in [2.75, 3.05) is 33.4 Å². The predicted molar refractivity (Wildman–Crippen MR) is 50.5 cm³/mol. The van der Waals surface area contributed by atoms with Crippen LogP contribution in [0.15, 0.2) is 0 Å². The van der Waals surface area contributed by atoms with E-state index in [1.54, 1.807) is 7.05 Å². The van der Waals surface area contributed by atoms with Gasteiger partial charge in [0, 0.05) is 6.54 Å². The van der Waals surface area contributed by atoms with Crippen molar-refractivity contribution in [3.8, 4) is 0 Å². The van der Waals surface area contributed by atoms with Crippen molar-refractivity contribution in [1.29, 1.82) is 0 Å². The highest BCUT2D eigenvalue weighted by atomic mass is 16.5. The minimum Gasteiger partial charge on any atom is -0.377 e. The molecule has 1 N–H and O–H groups in total. The highest BCUT2D eigenvalue weighted by Crippen LogP contribution is 2.09. The van der Waals surface area contributed by atoms with Gasteiger partial charge in [-0.1, -0.05) is 6.92 Å². The first kappa shape index (κ1) is 10.5. The lowest BCUT2D eigenvalue weighted by Gasteiger charge is -2.35. The minimum absolute atomic E-state index is 0.178. The van der Waals surface area contributed by atoms with Gasteiger partial charge in [0.25, 0.3) is 0 Å². The fourth-order valence-corrected chi connectivity index (χ4v) is 1.57. The Bertz CT molecular complexity index is 173. The van der Waals surface area contributed by atoms with Crippen molar-refractivity contribution >= 4 is 5.91 Å². The van der Waals surface area contributed by atoms with Crippen molar-refractivity contribution in [2.24, 2.45) is 0 Å². The van der Waals surface area contributed by atoms with Crippen molar-refractivity contribution < 1.29 is 9.53 Å². The van der Waals surface area contributed by atoms with Gasteiger partial charge in [0.2, 0.25) is 5.91 Å². The Hall–Kier alpha value is -0.610. The summed E-state index contributed by atoms with van der Waals surface area (Å²) in [5.74, 6) is 0.178. The van der Waals surface area contributed by atoms with Crippen LogP contribution in [-0.4, -0.2) is 50.2 Å². The number of morpholine rings is 1. The first-order chi connectivity index (χ1) is 6.29. The van der Waals surface area contributed by atoms with E-state index in [9.17, 15) is 4.79 Å². The van der Waals surface area contributed by atoms with Gasteiger partial charge < -0.3 is 15.0 Å². The average molecular weight is 186 g/mol. The lowest BCUT2D eigenvalue weighted by atomic mass is 10.2. The molecule has 4 heteroatoms. The Morgan fingerprint density at radius 1 is 1.69 bits per heavy atom. The number of nitrogens with one attached hydrogen (secondary N) is 1. The number of amides is 1. The van der Waals surface area contributed by atoms with Crippen LogP contribution in [0.25, 0.3) is 0 Å². The van der Waals surface area contributed by atoms with E-state index in [0.29, 0.717) is 19.8 Å². The molecular weight excluding hydrogens is 168 g/mol. The summed E-state index contributed by atoms with van der Waals surface area (Å²) in [4.78, 5) is 13.5. The predicted octanol–water partition coefficient (Wildman–Crippen LogP) is -0.157. The standard InChI is InChI=1S/C9H18N2O2/c1-3-8-7-13-5-4-11(8)9(12)6-10-2/h8,10H,3-7H2,1-2H3. The molecule has 0 aromatic rings. The number of nitrogens with zero attached hydrogens (tertiary/aromatic N) is 1. The number of ether oxygens (including phenoxy) is 1. The third-order valence-electron chi connectivity index (χ3n) is 2.35. The molecule has 0 aromatic heterocycles. The summed E-state index contributed by atoms with van der Waals surface area (Å²) >= 11 is 0. The molecule has 0 bridgehead atoms. The van der Waals surface area contributed by atoms with Crippen LogP contribution in [-0.2, 0) is 9.53 Å². The van der Waals surface area contributed by atoms with Gasteiger partial charge in [0.05, 0.1) is 25.8 Å². The first-order valence-electron chi connectivity index (χ1n) is 4.81. The molecule has 76 valence electrons. The lowest BCUT2D eigenvalue weighted by Crippen LogP contribution is -2.50. The van der Waals surface area contributed by atoms with Gasteiger partial charge in [0.1, 0.15) is 0 Å². The largest absolute Gasteiger partial charge is 0.377 e. The number of carbonyl (C=O) groups excluding carboxylic acids is 1. The second-order valence-electron chi connectivity index (χ2n) is 3.25. The molecular formula is C9H18N2O2. The Morgan fingerprint density at radius 2 is 2.46 bits per heavy atom. The van der Waals surface area contributed by atoms with Gasteiger partial charge >= 0.3 is 0 Å². The molecule has 1 aliphatic heterocycles. The van der Waals surface area contributed by atoms with Crippen LogP contribution in [0.4, 0.5) is 0 Å². The Balaban J connectivity index is 2.48. The summed E-state index contributed by atoms with van der Waals surface area (Å²) in [6.07, 6.45) is 0.968. The van der Waals surface area contributed by atoms with Crippen LogP contribution in [0.3, 0.4) is 0 Å².